The fraction of sp³-hybridized carbons (Fsp3) is 0.520. The van der Waals surface area contributed by atoms with Crippen LogP contribution in [0.1, 0.15) is 87.5 Å². The number of aryl methyl sites for hydroxylation is 1. The molecule has 0 heterocycles. The molecule has 0 aromatic heterocycles. The van der Waals surface area contributed by atoms with E-state index in [9.17, 15) is 0 Å². The number of halogens is 1. The van der Waals surface area contributed by atoms with Gasteiger partial charge in [0.15, 0.2) is 0 Å². The Morgan fingerprint density at radius 2 is 1.50 bits per heavy atom. The summed E-state index contributed by atoms with van der Waals surface area (Å²) in [4.78, 5) is 0. The molecular weight excluding hydrogens is 380 g/mol. The molecule has 1 heteroatoms. The molecular formula is C25H33Br. The van der Waals surface area contributed by atoms with E-state index in [0.29, 0.717) is 0 Å². The molecule has 2 aromatic carbocycles. The summed E-state index contributed by atoms with van der Waals surface area (Å²) in [6, 6.07) is 11.5. The largest absolute Gasteiger partial charge is 0.0654 e. The maximum atomic E-state index is 4.02. The zero-order chi connectivity index (χ0) is 18.4. The quantitative estimate of drug-likeness (QED) is 0.293. The van der Waals surface area contributed by atoms with Gasteiger partial charge in [0.1, 0.15) is 0 Å². The Morgan fingerprint density at radius 3 is 2.23 bits per heavy atom. The fourth-order valence-electron chi connectivity index (χ4n) is 4.30. The lowest BCUT2D eigenvalue weighted by molar-refractivity contribution is 0.658. The predicted octanol–water partition coefficient (Wildman–Crippen LogP) is 8.27. The second-order valence-electron chi connectivity index (χ2n) is 7.81. The highest BCUT2D eigenvalue weighted by Crippen LogP contribution is 2.43. The van der Waals surface area contributed by atoms with Crippen LogP contribution in [0.5, 0.6) is 0 Å². The van der Waals surface area contributed by atoms with Crippen LogP contribution >= 0.6 is 15.9 Å². The topological polar surface area (TPSA) is 0 Å². The molecule has 0 saturated carbocycles. The highest BCUT2D eigenvalue weighted by molar-refractivity contribution is 9.10. The van der Waals surface area contributed by atoms with Crippen LogP contribution in [0, 0.1) is 0 Å². The molecule has 0 bridgehead atoms. The summed E-state index contributed by atoms with van der Waals surface area (Å²) < 4.78 is 1.41. The van der Waals surface area contributed by atoms with Crippen LogP contribution < -0.4 is 0 Å². The van der Waals surface area contributed by atoms with Crippen molar-refractivity contribution in [3.63, 3.8) is 0 Å². The molecule has 0 fully saturated rings. The normalized spacial score (nSPS) is 12.3. The van der Waals surface area contributed by atoms with E-state index < -0.39 is 0 Å². The van der Waals surface area contributed by atoms with E-state index in [1.54, 1.807) is 11.1 Å². The van der Waals surface area contributed by atoms with Crippen molar-refractivity contribution >= 4 is 15.9 Å². The first-order valence-electron chi connectivity index (χ1n) is 10.7. The predicted molar refractivity (Wildman–Crippen MR) is 118 cm³/mol. The second kappa shape index (κ2) is 9.74. The molecule has 3 rings (SSSR count). The van der Waals surface area contributed by atoms with Crippen LogP contribution in [-0.2, 0) is 19.3 Å². The molecule has 0 atom stereocenters. The second-order valence-corrected chi connectivity index (χ2v) is 8.60. The first-order valence-corrected chi connectivity index (χ1v) is 11.5. The maximum Gasteiger partial charge on any atom is 0.0242 e. The molecule has 140 valence electrons. The van der Waals surface area contributed by atoms with E-state index >= 15 is 0 Å². The van der Waals surface area contributed by atoms with Gasteiger partial charge >= 0.3 is 0 Å². The van der Waals surface area contributed by atoms with Gasteiger partial charge in [-0.1, -0.05) is 92.6 Å². The fourth-order valence-corrected chi connectivity index (χ4v) is 5.05. The number of benzene rings is 2. The van der Waals surface area contributed by atoms with Crippen LogP contribution in [0.2, 0.25) is 0 Å². The van der Waals surface area contributed by atoms with Gasteiger partial charge in [0.25, 0.3) is 0 Å². The summed E-state index contributed by atoms with van der Waals surface area (Å²) in [5.74, 6) is 0. The number of fused-ring (bicyclic) bond motifs is 3. The Bertz CT molecular complexity index is 729. The molecule has 0 nitrogen and oxygen atoms in total. The third kappa shape index (κ3) is 4.42. The highest BCUT2D eigenvalue weighted by Gasteiger charge is 2.24. The Balaban J connectivity index is 1.89. The van der Waals surface area contributed by atoms with Crippen molar-refractivity contribution in [3.05, 3.63) is 57.1 Å². The lowest BCUT2D eigenvalue weighted by atomic mass is 9.92. The van der Waals surface area contributed by atoms with Crippen molar-refractivity contribution in [2.45, 2.75) is 84.5 Å². The molecule has 1 aliphatic rings. The van der Waals surface area contributed by atoms with Gasteiger partial charge in [-0.3, -0.25) is 0 Å². The molecule has 0 amide bonds. The van der Waals surface area contributed by atoms with Gasteiger partial charge in [-0.05, 0) is 71.6 Å². The Morgan fingerprint density at radius 1 is 0.808 bits per heavy atom. The SMILES string of the molecule is CCCCCCc1cc2c(c(CCCCCC)c1Br)Cc1ccccc1-2. The number of hydrogen-bond acceptors (Lipinski definition) is 0. The van der Waals surface area contributed by atoms with Gasteiger partial charge in [-0.2, -0.15) is 0 Å². The molecule has 0 unspecified atom stereocenters. The summed E-state index contributed by atoms with van der Waals surface area (Å²) in [6.07, 6.45) is 14.2. The third-order valence-electron chi connectivity index (χ3n) is 5.81. The average molecular weight is 413 g/mol. The van der Waals surface area contributed by atoms with E-state index in [1.807, 2.05) is 0 Å². The van der Waals surface area contributed by atoms with Crippen LogP contribution in [0.15, 0.2) is 34.8 Å². The van der Waals surface area contributed by atoms with Crippen LogP contribution in [0.4, 0.5) is 0 Å². The Labute approximate surface area is 168 Å². The first-order chi connectivity index (χ1) is 12.8. The molecule has 0 N–H and O–H groups in total. The van der Waals surface area contributed by atoms with Gasteiger partial charge in [0, 0.05) is 4.47 Å². The van der Waals surface area contributed by atoms with Gasteiger partial charge in [0.05, 0.1) is 0 Å². The van der Waals surface area contributed by atoms with Gasteiger partial charge in [0.2, 0.25) is 0 Å². The molecule has 0 radical (unpaired) electrons. The van der Waals surface area contributed by atoms with Crippen molar-refractivity contribution in [2.24, 2.45) is 0 Å². The zero-order valence-corrected chi connectivity index (χ0v) is 18.1. The van der Waals surface area contributed by atoms with Crippen LogP contribution in [0.3, 0.4) is 0 Å². The van der Waals surface area contributed by atoms with Gasteiger partial charge in [-0.15, -0.1) is 0 Å². The summed E-state index contributed by atoms with van der Waals surface area (Å²) >= 11 is 4.02. The monoisotopic (exact) mass is 412 g/mol. The van der Waals surface area contributed by atoms with E-state index in [2.05, 4.69) is 60.1 Å². The van der Waals surface area contributed by atoms with E-state index in [1.165, 1.54) is 90.9 Å². The van der Waals surface area contributed by atoms with Gasteiger partial charge < -0.3 is 0 Å². The number of unbranched alkanes of at least 4 members (excludes halogenated alkanes) is 6. The van der Waals surface area contributed by atoms with Crippen molar-refractivity contribution < 1.29 is 0 Å². The zero-order valence-electron chi connectivity index (χ0n) is 16.5. The lowest BCUT2D eigenvalue weighted by Gasteiger charge is -2.16. The minimum atomic E-state index is 1.11. The standard InChI is InChI=1S/C25H33Br/c1-3-5-7-9-14-20-18-23-21-15-12-11-13-19(21)17-24(23)22(25(20)26)16-10-8-6-4-2/h11-13,15,18H,3-10,14,16-17H2,1-2H3. The Kier molecular flexibility index (Phi) is 7.37. The molecule has 26 heavy (non-hydrogen) atoms. The van der Waals surface area contributed by atoms with E-state index in [0.717, 1.165) is 6.42 Å². The first kappa shape index (κ1) is 19.7. The van der Waals surface area contributed by atoms with Crippen molar-refractivity contribution in [1.29, 1.82) is 0 Å². The summed E-state index contributed by atoms with van der Waals surface area (Å²) in [5, 5.41) is 0. The maximum absolute atomic E-state index is 4.02. The summed E-state index contributed by atoms with van der Waals surface area (Å²) in [6.45, 7) is 4.58. The van der Waals surface area contributed by atoms with E-state index in [4.69, 9.17) is 0 Å². The number of hydrogen-bond donors (Lipinski definition) is 0. The molecule has 0 aliphatic heterocycles. The van der Waals surface area contributed by atoms with Crippen LogP contribution in [-0.4, -0.2) is 0 Å². The third-order valence-corrected chi connectivity index (χ3v) is 6.80. The van der Waals surface area contributed by atoms with Crippen molar-refractivity contribution in [2.75, 3.05) is 0 Å². The van der Waals surface area contributed by atoms with Crippen molar-refractivity contribution in [3.8, 4) is 11.1 Å². The number of rotatable bonds is 10. The molecule has 1 aliphatic carbocycles. The summed E-state index contributed by atoms with van der Waals surface area (Å²) in [7, 11) is 0. The Hall–Kier alpha value is -1.08. The average Bonchev–Trinajstić information content (AvgIpc) is 3.02. The van der Waals surface area contributed by atoms with Crippen molar-refractivity contribution in [1.82, 2.24) is 0 Å². The van der Waals surface area contributed by atoms with E-state index in [-0.39, 0.29) is 0 Å². The molecule has 0 saturated heterocycles. The summed E-state index contributed by atoms with van der Waals surface area (Å²) in [5.41, 5.74) is 9.21. The minimum absolute atomic E-state index is 1.11. The van der Waals surface area contributed by atoms with Crippen LogP contribution in [0.25, 0.3) is 11.1 Å². The van der Waals surface area contributed by atoms with Gasteiger partial charge in [-0.25, -0.2) is 0 Å². The smallest absolute Gasteiger partial charge is 0.0242 e. The highest BCUT2D eigenvalue weighted by atomic mass is 79.9. The lowest BCUT2D eigenvalue weighted by Crippen LogP contribution is -2.00. The molecule has 0 spiro atoms. The molecule has 2 aromatic rings. The minimum Gasteiger partial charge on any atom is -0.0654 e.